The van der Waals surface area contributed by atoms with Crippen molar-refractivity contribution in [2.45, 2.75) is 58.4 Å². The number of benzene rings is 1. The lowest BCUT2D eigenvalue weighted by atomic mass is 10.1. The van der Waals surface area contributed by atoms with Crippen molar-refractivity contribution in [2.75, 3.05) is 5.32 Å². The molecule has 102 valence electrons. The van der Waals surface area contributed by atoms with Crippen LogP contribution < -0.4 is 5.32 Å². The van der Waals surface area contributed by atoms with Crippen LogP contribution >= 0.6 is 27.5 Å². The SMILES string of the molecule is CCCCCCCC(C)Nc1cc(Cl)ccc1Br. The van der Waals surface area contributed by atoms with Crippen molar-refractivity contribution in [1.82, 2.24) is 0 Å². The molecule has 0 heterocycles. The van der Waals surface area contributed by atoms with E-state index < -0.39 is 0 Å². The highest BCUT2D eigenvalue weighted by Gasteiger charge is 2.05. The zero-order valence-electron chi connectivity index (χ0n) is 11.3. The van der Waals surface area contributed by atoms with Crippen LogP contribution in [0, 0.1) is 0 Å². The Labute approximate surface area is 124 Å². The molecular weight excluding hydrogens is 310 g/mol. The van der Waals surface area contributed by atoms with Gasteiger partial charge in [-0.3, -0.25) is 0 Å². The molecule has 0 aromatic heterocycles. The molecule has 1 aromatic carbocycles. The molecule has 0 bridgehead atoms. The van der Waals surface area contributed by atoms with E-state index in [-0.39, 0.29) is 0 Å². The Bertz CT molecular complexity index is 354. The molecule has 1 rings (SSSR count). The lowest BCUT2D eigenvalue weighted by Gasteiger charge is -2.16. The topological polar surface area (TPSA) is 12.0 Å². The minimum absolute atomic E-state index is 0.487. The lowest BCUT2D eigenvalue weighted by Crippen LogP contribution is -2.15. The van der Waals surface area contributed by atoms with E-state index in [2.05, 4.69) is 35.1 Å². The normalized spacial score (nSPS) is 12.4. The highest BCUT2D eigenvalue weighted by Crippen LogP contribution is 2.27. The molecule has 0 aliphatic carbocycles. The summed E-state index contributed by atoms with van der Waals surface area (Å²) in [7, 11) is 0. The number of hydrogen-bond acceptors (Lipinski definition) is 1. The predicted molar refractivity (Wildman–Crippen MR) is 85.6 cm³/mol. The predicted octanol–water partition coefficient (Wildman–Crippen LogP) is 6.26. The average Bonchev–Trinajstić information content (AvgIpc) is 2.33. The van der Waals surface area contributed by atoms with Gasteiger partial charge in [0, 0.05) is 15.5 Å². The monoisotopic (exact) mass is 331 g/mol. The first-order valence-electron chi connectivity index (χ1n) is 6.85. The Balaban J connectivity index is 2.30. The van der Waals surface area contributed by atoms with Crippen LogP contribution in [0.2, 0.25) is 5.02 Å². The molecule has 1 aromatic rings. The third-order valence-electron chi connectivity index (χ3n) is 3.07. The maximum Gasteiger partial charge on any atom is 0.0501 e. The van der Waals surface area contributed by atoms with E-state index in [9.17, 15) is 0 Å². The van der Waals surface area contributed by atoms with Crippen molar-refractivity contribution in [1.29, 1.82) is 0 Å². The second-order valence-corrected chi connectivity index (χ2v) is 6.16. The van der Waals surface area contributed by atoms with Gasteiger partial charge in [0.15, 0.2) is 0 Å². The molecule has 3 heteroatoms. The smallest absolute Gasteiger partial charge is 0.0501 e. The number of unbranched alkanes of at least 4 members (excludes halogenated alkanes) is 4. The molecular formula is C15H23BrClN. The van der Waals surface area contributed by atoms with Gasteiger partial charge in [-0.05, 0) is 47.5 Å². The first kappa shape index (κ1) is 15.8. The zero-order valence-corrected chi connectivity index (χ0v) is 13.6. The van der Waals surface area contributed by atoms with Crippen LogP contribution in [0.4, 0.5) is 5.69 Å². The fraction of sp³-hybridized carbons (Fsp3) is 0.600. The van der Waals surface area contributed by atoms with Crippen LogP contribution in [-0.2, 0) is 0 Å². The molecule has 0 saturated carbocycles. The van der Waals surface area contributed by atoms with Gasteiger partial charge in [-0.1, -0.05) is 50.6 Å². The number of hydrogen-bond donors (Lipinski definition) is 1. The summed E-state index contributed by atoms with van der Waals surface area (Å²) in [6.45, 7) is 4.48. The van der Waals surface area contributed by atoms with E-state index >= 15 is 0 Å². The van der Waals surface area contributed by atoms with E-state index in [1.54, 1.807) is 0 Å². The largest absolute Gasteiger partial charge is 0.382 e. The summed E-state index contributed by atoms with van der Waals surface area (Å²) < 4.78 is 1.07. The van der Waals surface area contributed by atoms with Gasteiger partial charge in [-0.25, -0.2) is 0 Å². The van der Waals surface area contributed by atoms with E-state index in [1.165, 1.54) is 38.5 Å². The molecule has 1 atom stereocenters. The summed E-state index contributed by atoms with van der Waals surface area (Å²) in [5, 5.41) is 4.28. The molecule has 1 nitrogen and oxygen atoms in total. The second kappa shape index (κ2) is 8.82. The number of anilines is 1. The van der Waals surface area contributed by atoms with E-state index in [1.807, 2.05) is 18.2 Å². The van der Waals surface area contributed by atoms with Gasteiger partial charge in [-0.15, -0.1) is 0 Å². The molecule has 0 amide bonds. The minimum Gasteiger partial charge on any atom is -0.382 e. The third kappa shape index (κ3) is 6.10. The first-order chi connectivity index (χ1) is 8.63. The van der Waals surface area contributed by atoms with E-state index in [0.29, 0.717) is 6.04 Å². The van der Waals surface area contributed by atoms with Crippen molar-refractivity contribution < 1.29 is 0 Å². The highest BCUT2D eigenvalue weighted by molar-refractivity contribution is 9.10. The van der Waals surface area contributed by atoms with Crippen molar-refractivity contribution in [3.05, 3.63) is 27.7 Å². The number of nitrogens with one attached hydrogen (secondary N) is 1. The van der Waals surface area contributed by atoms with Gasteiger partial charge < -0.3 is 5.32 Å². The number of rotatable bonds is 8. The molecule has 0 saturated heterocycles. The fourth-order valence-corrected chi connectivity index (χ4v) is 2.53. The Morgan fingerprint density at radius 3 is 2.67 bits per heavy atom. The molecule has 0 fully saturated rings. The highest BCUT2D eigenvalue weighted by atomic mass is 79.9. The standard InChI is InChI=1S/C15H23BrClN/c1-3-4-5-6-7-8-12(2)18-15-11-13(17)9-10-14(15)16/h9-12,18H,3-8H2,1-2H3. The fourth-order valence-electron chi connectivity index (χ4n) is 2.00. The van der Waals surface area contributed by atoms with Gasteiger partial charge in [-0.2, -0.15) is 0 Å². The van der Waals surface area contributed by atoms with Crippen molar-refractivity contribution in [2.24, 2.45) is 0 Å². The summed E-state index contributed by atoms with van der Waals surface area (Å²) >= 11 is 9.54. The summed E-state index contributed by atoms with van der Waals surface area (Å²) in [6.07, 6.45) is 7.89. The van der Waals surface area contributed by atoms with Crippen molar-refractivity contribution >= 4 is 33.2 Å². The lowest BCUT2D eigenvalue weighted by molar-refractivity contribution is 0.578. The van der Waals surface area contributed by atoms with Crippen molar-refractivity contribution in [3.63, 3.8) is 0 Å². The molecule has 1 N–H and O–H groups in total. The molecule has 0 spiro atoms. The minimum atomic E-state index is 0.487. The zero-order chi connectivity index (χ0) is 13.4. The third-order valence-corrected chi connectivity index (χ3v) is 4.00. The van der Waals surface area contributed by atoms with Crippen LogP contribution in [0.3, 0.4) is 0 Å². The van der Waals surface area contributed by atoms with Crippen LogP contribution in [0.15, 0.2) is 22.7 Å². The second-order valence-electron chi connectivity index (χ2n) is 4.87. The molecule has 0 aliphatic rings. The van der Waals surface area contributed by atoms with Gasteiger partial charge in [0.2, 0.25) is 0 Å². The first-order valence-corrected chi connectivity index (χ1v) is 8.02. The van der Waals surface area contributed by atoms with Crippen LogP contribution in [0.1, 0.15) is 52.4 Å². The van der Waals surface area contributed by atoms with Gasteiger partial charge in [0.25, 0.3) is 0 Å². The Morgan fingerprint density at radius 2 is 1.94 bits per heavy atom. The number of halogens is 2. The molecule has 0 aliphatic heterocycles. The summed E-state index contributed by atoms with van der Waals surface area (Å²) in [4.78, 5) is 0. The van der Waals surface area contributed by atoms with E-state index in [4.69, 9.17) is 11.6 Å². The molecule has 1 unspecified atom stereocenters. The van der Waals surface area contributed by atoms with Gasteiger partial charge in [0.05, 0.1) is 5.69 Å². The maximum atomic E-state index is 6.00. The maximum absolute atomic E-state index is 6.00. The van der Waals surface area contributed by atoms with Crippen LogP contribution in [-0.4, -0.2) is 6.04 Å². The Kier molecular flexibility index (Phi) is 7.76. The van der Waals surface area contributed by atoms with E-state index in [0.717, 1.165) is 15.2 Å². The van der Waals surface area contributed by atoms with Gasteiger partial charge >= 0.3 is 0 Å². The quantitative estimate of drug-likeness (QED) is 0.554. The van der Waals surface area contributed by atoms with Crippen molar-refractivity contribution in [3.8, 4) is 0 Å². The van der Waals surface area contributed by atoms with Gasteiger partial charge in [0.1, 0.15) is 0 Å². The Morgan fingerprint density at radius 1 is 1.22 bits per heavy atom. The van der Waals surface area contributed by atoms with Crippen LogP contribution in [0.25, 0.3) is 0 Å². The Hall–Kier alpha value is -0.210. The molecule has 0 radical (unpaired) electrons. The summed E-state index contributed by atoms with van der Waals surface area (Å²) in [5.74, 6) is 0. The molecule has 18 heavy (non-hydrogen) atoms. The summed E-state index contributed by atoms with van der Waals surface area (Å²) in [6, 6.07) is 6.34. The average molecular weight is 333 g/mol. The summed E-state index contributed by atoms with van der Waals surface area (Å²) in [5.41, 5.74) is 1.09. The van der Waals surface area contributed by atoms with Crippen LogP contribution in [0.5, 0.6) is 0 Å².